The first-order valence-corrected chi connectivity index (χ1v) is 5.51. The van der Waals surface area contributed by atoms with Crippen LogP contribution >= 0.6 is 0 Å². The van der Waals surface area contributed by atoms with E-state index in [1.807, 2.05) is 0 Å². The van der Waals surface area contributed by atoms with E-state index in [9.17, 15) is 0 Å². The third-order valence-electron chi connectivity index (χ3n) is 3.64. The van der Waals surface area contributed by atoms with E-state index in [1.54, 1.807) is 0 Å². The zero-order chi connectivity index (χ0) is 10.6. The molecule has 0 saturated heterocycles. The van der Waals surface area contributed by atoms with Crippen molar-refractivity contribution in [3.63, 3.8) is 0 Å². The van der Waals surface area contributed by atoms with Crippen LogP contribution in [0.4, 0.5) is 0 Å². The van der Waals surface area contributed by atoms with E-state index in [2.05, 4.69) is 25.2 Å². The van der Waals surface area contributed by atoms with Gasteiger partial charge in [0.15, 0.2) is 0 Å². The molecule has 1 aliphatic rings. The summed E-state index contributed by atoms with van der Waals surface area (Å²) in [6.07, 6.45) is 11.0. The lowest BCUT2D eigenvalue weighted by Crippen LogP contribution is -2.44. The summed E-state index contributed by atoms with van der Waals surface area (Å²) in [5, 5.41) is 0. The van der Waals surface area contributed by atoms with Crippen molar-refractivity contribution in [1.82, 2.24) is 5.43 Å². The molecule has 1 fully saturated rings. The Balaban J connectivity index is 2.56. The predicted octanol–water partition coefficient (Wildman–Crippen LogP) is 2.06. The number of hydrogen-bond acceptors (Lipinski definition) is 2. The molecule has 0 radical (unpaired) electrons. The van der Waals surface area contributed by atoms with Crippen LogP contribution in [0.2, 0.25) is 0 Å². The minimum absolute atomic E-state index is 0.392. The van der Waals surface area contributed by atoms with Crippen molar-refractivity contribution < 1.29 is 0 Å². The minimum atomic E-state index is 0.392. The highest BCUT2D eigenvalue weighted by atomic mass is 15.2. The van der Waals surface area contributed by atoms with Crippen molar-refractivity contribution in [1.29, 1.82) is 0 Å². The monoisotopic (exact) mass is 194 g/mol. The highest BCUT2D eigenvalue weighted by Gasteiger charge is 2.38. The second kappa shape index (κ2) is 4.82. The topological polar surface area (TPSA) is 38.0 Å². The number of terminal acetylenes is 1. The van der Waals surface area contributed by atoms with Gasteiger partial charge in [-0.2, -0.15) is 0 Å². The van der Waals surface area contributed by atoms with Crippen LogP contribution in [-0.4, -0.2) is 6.04 Å². The first kappa shape index (κ1) is 11.6. The molecule has 0 aromatic heterocycles. The molecule has 2 heteroatoms. The summed E-state index contributed by atoms with van der Waals surface area (Å²) < 4.78 is 0. The fourth-order valence-electron chi connectivity index (χ4n) is 2.74. The summed E-state index contributed by atoms with van der Waals surface area (Å²) in [5.41, 5.74) is 3.36. The normalized spacial score (nSPS) is 27.1. The molecule has 0 amide bonds. The summed E-state index contributed by atoms with van der Waals surface area (Å²) in [6.45, 7) is 4.68. The third kappa shape index (κ3) is 2.50. The van der Waals surface area contributed by atoms with E-state index in [-0.39, 0.29) is 0 Å². The molecule has 0 spiro atoms. The van der Waals surface area contributed by atoms with Crippen LogP contribution in [0.1, 0.15) is 46.0 Å². The Bertz CT molecular complexity index is 215. The van der Waals surface area contributed by atoms with Gasteiger partial charge in [0, 0.05) is 12.5 Å². The number of rotatable bonds is 4. The van der Waals surface area contributed by atoms with E-state index in [0.717, 1.165) is 12.8 Å². The van der Waals surface area contributed by atoms with Crippen molar-refractivity contribution >= 4 is 0 Å². The maximum Gasteiger partial charge on any atom is 0.0252 e. The van der Waals surface area contributed by atoms with Gasteiger partial charge in [-0.25, -0.2) is 0 Å². The van der Waals surface area contributed by atoms with Gasteiger partial charge in [-0.15, -0.1) is 12.3 Å². The van der Waals surface area contributed by atoms with E-state index in [1.165, 1.54) is 19.3 Å². The predicted molar refractivity (Wildman–Crippen MR) is 60.3 cm³/mol. The van der Waals surface area contributed by atoms with Crippen molar-refractivity contribution in [2.24, 2.45) is 17.2 Å². The Morgan fingerprint density at radius 1 is 1.64 bits per heavy atom. The van der Waals surface area contributed by atoms with Gasteiger partial charge in [0.1, 0.15) is 0 Å². The maximum atomic E-state index is 5.60. The van der Waals surface area contributed by atoms with Crippen LogP contribution in [0.15, 0.2) is 0 Å². The highest BCUT2D eigenvalue weighted by Crippen LogP contribution is 2.44. The van der Waals surface area contributed by atoms with E-state index >= 15 is 0 Å². The van der Waals surface area contributed by atoms with Crippen LogP contribution < -0.4 is 11.3 Å². The molecule has 0 aromatic rings. The Morgan fingerprint density at radius 2 is 2.36 bits per heavy atom. The third-order valence-corrected chi connectivity index (χ3v) is 3.64. The molecular formula is C12H22N2. The summed E-state index contributed by atoms with van der Waals surface area (Å²) >= 11 is 0. The largest absolute Gasteiger partial charge is 0.271 e. The zero-order valence-corrected chi connectivity index (χ0v) is 9.34. The van der Waals surface area contributed by atoms with Crippen molar-refractivity contribution in [2.75, 3.05) is 0 Å². The smallest absolute Gasteiger partial charge is 0.0252 e. The Hall–Kier alpha value is -0.520. The van der Waals surface area contributed by atoms with Crippen LogP contribution in [0.25, 0.3) is 0 Å². The lowest BCUT2D eigenvalue weighted by atomic mass is 9.76. The van der Waals surface area contributed by atoms with Gasteiger partial charge in [0.25, 0.3) is 0 Å². The van der Waals surface area contributed by atoms with Gasteiger partial charge in [-0.1, -0.05) is 20.3 Å². The number of nitrogens with two attached hydrogens (primary N) is 1. The Labute approximate surface area is 87.6 Å². The average molecular weight is 194 g/mol. The molecular weight excluding hydrogens is 172 g/mol. The Kier molecular flexibility index (Phi) is 3.97. The second-order valence-corrected chi connectivity index (χ2v) is 5.00. The molecule has 1 aliphatic carbocycles. The second-order valence-electron chi connectivity index (χ2n) is 5.00. The summed E-state index contributed by atoms with van der Waals surface area (Å²) in [7, 11) is 0. The Morgan fingerprint density at radius 3 is 2.79 bits per heavy atom. The highest BCUT2D eigenvalue weighted by molar-refractivity contribution is 4.94. The van der Waals surface area contributed by atoms with Gasteiger partial charge in [-0.05, 0) is 30.6 Å². The summed E-state index contributed by atoms with van der Waals surface area (Å²) in [4.78, 5) is 0. The number of nitrogens with one attached hydrogen (secondary N) is 1. The first-order chi connectivity index (χ1) is 6.61. The summed E-state index contributed by atoms with van der Waals surface area (Å²) in [6, 6.07) is 0.392. The van der Waals surface area contributed by atoms with Gasteiger partial charge < -0.3 is 0 Å². The fraction of sp³-hybridized carbons (Fsp3) is 0.833. The van der Waals surface area contributed by atoms with E-state index in [4.69, 9.17) is 12.3 Å². The van der Waals surface area contributed by atoms with Crippen LogP contribution in [0.3, 0.4) is 0 Å². The minimum Gasteiger partial charge on any atom is -0.271 e. The molecule has 0 bridgehead atoms. The first-order valence-electron chi connectivity index (χ1n) is 5.51. The molecule has 2 nitrogen and oxygen atoms in total. The molecule has 1 saturated carbocycles. The van der Waals surface area contributed by atoms with E-state index in [0.29, 0.717) is 17.4 Å². The molecule has 0 aliphatic heterocycles. The van der Waals surface area contributed by atoms with Crippen LogP contribution in [0.5, 0.6) is 0 Å². The molecule has 0 heterocycles. The standard InChI is InChI=1S/C12H22N2/c1-4-5-8-11(14-13)10-7-6-9-12(10,2)3/h1,10-11,14H,5-9,13H2,2-3H3. The number of hydrogen-bond donors (Lipinski definition) is 2. The van der Waals surface area contributed by atoms with Crippen molar-refractivity contribution in [3.05, 3.63) is 0 Å². The van der Waals surface area contributed by atoms with Gasteiger partial charge in [0.05, 0.1) is 0 Å². The molecule has 1 rings (SSSR count). The average Bonchev–Trinajstić information content (AvgIpc) is 2.48. The zero-order valence-electron chi connectivity index (χ0n) is 9.34. The maximum absolute atomic E-state index is 5.60. The van der Waals surface area contributed by atoms with Gasteiger partial charge in [0.2, 0.25) is 0 Å². The van der Waals surface area contributed by atoms with Crippen molar-refractivity contribution in [3.8, 4) is 12.3 Å². The van der Waals surface area contributed by atoms with Crippen LogP contribution in [0, 0.1) is 23.7 Å². The molecule has 80 valence electrons. The van der Waals surface area contributed by atoms with E-state index < -0.39 is 0 Å². The van der Waals surface area contributed by atoms with Crippen LogP contribution in [-0.2, 0) is 0 Å². The lowest BCUT2D eigenvalue weighted by molar-refractivity contribution is 0.191. The fourth-order valence-corrected chi connectivity index (χ4v) is 2.74. The molecule has 14 heavy (non-hydrogen) atoms. The van der Waals surface area contributed by atoms with Gasteiger partial charge in [-0.3, -0.25) is 11.3 Å². The molecule has 3 N–H and O–H groups in total. The summed E-state index contributed by atoms with van der Waals surface area (Å²) in [5.74, 6) is 8.96. The lowest BCUT2D eigenvalue weighted by Gasteiger charge is -2.33. The number of hydrazine groups is 1. The molecule has 2 atom stereocenters. The van der Waals surface area contributed by atoms with Gasteiger partial charge >= 0.3 is 0 Å². The quantitative estimate of drug-likeness (QED) is 0.408. The van der Waals surface area contributed by atoms with Crippen molar-refractivity contribution in [2.45, 2.75) is 52.0 Å². The SMILES string of the molecule is C#CCCC(NN)C1CCCC1(C)C. The molecule has 2 unspecified atom stereocenters. The molecule has 0 aromatic carbocycles.